The first-order valence-electron chi connectivity index (χ1n) is 7.14. The minimum atomic E-state index is -4.29. The van der Waals surface area contributed by atoms with Gasteiger partial charge >= 0.3 is 7.82 Å². The van der Waals surface area contributed by atoms with Crippen LogP contribution in [0.25, 0.3) is 0 Å². The van der Waals surface area contributed by atoms with Gasteiger partial charge in [0.05, 0.1) is 6.07 Å². The second-order valence-electron chi connectivity index (χ2n) is 5.28. The highest BCUT2D eigenvalue weighted by Gasteiger charge is 2.25. The van der Waals surface area contributed by atoms with Gasteiger partial charge in [0.1, 0.15) is 11.5 Å². The van der Waals surface area contributed by atoms with Gasteiger partial charge in [0.15, 0.2) is 0 Å². The molecule has 0 amide bonds. The maximum Gasteiger partial charge on any atom is 0.584 e. The molecule has 2 aromatic rings. The van der Waals surface area contributed by atoms with E-state index in [-0.39, 0.29) is 11.5 Å². The van der Waals surface area contributed by atoms with Crippen molar-refractivity contribution in [1.82, 2.24) is 0 Å². The van der Waals surface area contributed by atoms with Gasteiger partial charge in [-0.25, -0.2) is 4.57 Å². The van der Waals surface area contributed by atoms with Gasteiger partial charge < -0.3 is 9.05 Å². The number of phosphoric acid groups is 1. The van der Waals surface area contributed by atoms with E-state index < -0.39 is 7.82 Å². The van der Waals surface area contributed by atoms with E-state index in [2.05, 4.69) is 6.07 Å². The first-order valence-corrected chi connectivity index (χ1v) is 8.64. The van der Waals surface area contributed by atoms with Gasteiger partial charge in [-0.15, -0.1) is 0 Å². The number of phosphoric ester groups is 1. The molecule has 0 saturated carbocycles. The monoisotopic (exact) mass is 331 g/mol. The van der Waals surface area contributed by atoms with Crippen molar-refractivity contribution < 1.29 is 18.5 Å². The number of rotatable bonds is 6. The van der Waals surface area contributed by atoms with Gasteiger partial charge in [-0.2, -0.15) is 5.26 Å². The van der Waals surface area contributed by atoms with Crippen molar-refractivity contribution in [2.75, 3.05) is 0 Å². The fourth-order valence-corrected chi connectivity index (χ4v) is 3.02. The van der Waals surface area contributed by atoms with E-state index in [4.69, 9.17) is 14.3 Å². The third kappa shape index (κ3) is 5.45. The molecule has 2 rings (SSSR count). The van der Waals surface area contributed by atoms with Crippen molar-refractivity contribution >= 4 is 7.82 Å². The summed E-state index contributed by atoms with van der Waals surface area (Å²) >= 11 is 0. The first-order chi connectivity index (χ1) is 10.9. The van der Waals surface area contributed by atoms with Gasteiger partial charge in [-0.1, -0.05) is 18.2 Å². The highest BCUT2D eigenvalue weighted by atomic mass is 31.2. The Bertz CT molecular complexity index is 762. The molecule has 0 fully saturated rings. The van der Waals surface area contributed by atoms with Crippen molar-refractivity contribution in [2.45, 2.75) is 26.7 Å². The molecule has 0 heterocycles. The SMILES string of the molecule is Cc1cc(C)cc(OP(=O)(O)Oc2cccc(CCC#N)c2)c1. The second kappa shape index (κ2) is 7.32. The molecule has 0 saturated heterocycles. The summed E-state index contributed by atoms with van der Waals surface area (Å²) in [7, 11) is -4.29. The minimum absolute atomic E-state index is 0.232. The lowest BCUT2D eigenvalue weighted by molar-refractivity contribution is 0.291. The molecule has 0 aliphatic heterocycles. The normalized spacial score (nSPS) is 13.0. The number of nitriles is 1. The molecule has 6 heteroatoms. The predicted octanol–water partition coefficient (Wildman–Crippen LogP) is 4.32. The Balaban J connectivity index is 2.11. The van der Waals surface area contributed by atoms with Crippen molar-refractivity contribution in [3.63, 3.8) is 0 Å². The lowest BCUT2D eigenvalue weighted by atomic mass is 10.1. The number of hydrogen-bond donors (Lipinski definition) is 1. The summed E-state index contributed by atoms with van der Waals surface area (Å²) in [4.78, 5) is 9.93. The molecule has 0 radical (unpaired) electrons. The van der Waals surface area contributed by atoms with Crippen LogP contribution in [0.2, 0.25) is 0 Å². The van der Waals surface area contributed by atoms with E-state index in [1.54, 1.807) is 30.3 Å². The molecule has 1 N–H and O–H groups in total. The molecular formula is C17H18NO4P. The second-order valence-corrected chi connectivity index (χ2v) is 6.58. The largest absolute Gasteiger partial charge is 0.584 e. The Labute approximate surface area is 135 Å². The maximum atomic E-state index is 12.2. The zero-order chi connectivity index (χ0) is 16.9. The zero-order valence-electron chi connectivity index (χ0n) is 13.0. The Hall–Kier alpha value is -2.28. The number of hydrogen-bond acceptors (Lipinski definition) is 4. The third-order valence-corrected chi connectivity index (χ3v) is 3.94. The van der Waals surface area contributed by atoms with Crippen LogP contribution in [0.1, 0.15) is 23.1 Å². The molecule has 2 aromatic carbocycles. The van der Waals surface area contributed by atoms with E-state index in [9.17, 15) is 9.46 Å². The molecule has 23 heavy (non-hydrogen) atoms. The molecule has 0 aliphatic rings. The molecule has 120 valence electrons. The van der Waals surface area contributed by atoms with E-state index in [0.717, 1.165) is 16.7 Å². The maximum absolute atomic E-state index is 12.2. The molecule has 0 bridgehead atoms. The first kappa shape index (κ1) is 17.1. The van der Waals surface area contributed by atoms with E-state index in [1.165, 1.54) is 0 Å². The van der Waals surface area contributed by atoms with Crippen LogP contribution >= 0.6 is 7.82 Å². The minimum Gasteiger partial charge on any atom is -0.395 e. The molecule has 1 atom stereocenters. The molecule has 5 nitrogen and oxygen atoms in total. The van der Waals surface area contributed by atoms with Crippen LogP contribution in [0, 0.1) is 25.2 Å². The smallest absolute Gasteiger partial charge is 0.395 e. The van der Waals surface area contributed by atoms with Gasteiger partial charge in [-0.05, 0) is 61.2 Å². The fourth-order valence-electron chi connectivity index (χ4n) is 2.23. The average molecular weight is 331 g/mol. The molecule has 0 aliphatic carbocycles. The summed E-state index contributed by atoms with van der Waals surface area (Å²) in [6.45, 7) is 3.75. The summed E-state index contributed by atoms with van der Waals surface area (Å²) in [5.74, 6) is 0.518. The van der Waals surface area contributed by atoms with Crippen LogP contribution in [0.5, 0.6) is 11.5 Å². The number of benzene rings is 2. The van der Waals surface area contributed by atoms with Crippen molar-refractivity contribution in [3.05, 3.63) is 59.2 Å². The lowest BCUT2D eigenvalue weighted by Crippen LogP contribution is -2.00. The summed E-state index contributed by atoms with van der Waals surface area (Å²) in [5.41, 5.74) is 2.72. The Morgan fingerprint density at radius 3 is 2.39 bits per heavy atom. The van der Waals surface area contributed by atoms with Crippen LogP contribution < -0.4 is 9.05 Å². The van der Waals surface area contributed by atoms with E-state index >= 15 is 0 Å². The molecular weight excluding hydrogens is 313 g/mol. The van der Waals surface area contributed by atoms with Crippen LogP contribution in [-0.4, -0.2) is 4.89 Å². The Kier molecular flexibility index (Phi) is 5.44. The summed E-state index contributed by atoms with van der Waals surface area (Å²) < 4.78 is 22.4. The van der Waals surface area contributed by atoms with Crippen molar-refractivity contribution in [2.24, 2.45) is 0 Å². The zero-order valence-corrected chi connectivity index (χ0v) is 13.9. The highest BCUT2D eigenvalue weighted by molar-refractivity contribution is 7.48. The number of nitrogens with zero attached hydrogens (tertiary/aromatic N) is 1. The predicted molar refractivity (Wildman–Crippen MR) is 87.4 cm³/mol. The molecule has 0 spiro atoms. The van der Waals surface area contributed by atoms with Gasteiger partial charge in [0.2, 0.25) is 0 Å². The van der Waals surface area contributed by atoms with E-state index in [0.29, 0.717) is 12.8 Å². The van der Waals surface area contributed by atoms with Crippen LogP contribution in [-0.2, 0) is 11.0 Å². The number of aryl methyl sites for hydroxylation is 3. The van der Waals surface area contributed by atoms with Gasteiger partial charge in [0, 0.05) is 6.42 Å². The van der Waals surface area contributed by atoms with Gasteiger partial charge in [0.25, 0.3) is 0 Å². The van der Waals surface area contributed by atoms with Crippen LogP contribution in [0.4, 0.5) is 0 Å². The highest BCUT2D eigenvalue weighted by Crippen LogP contribution is 2.44. The topological polar surface area (TPSA) is 79.6 Å². The van der Waals surface area contributed by atoms with Crippen molar-refractivity contribution in [3.8, 4) is 17.6 Å². The summed E-state index contributed by atoms with van der Waals surface area (Å²) in [6.07, 6.45) is 0.931. The molecule has 1 unspecified atom stereocenters. The van der Waals surface area contributed by atoms with Crippen molar-refractivity contribution in [1.29, 1.82) is 5.26 Å². The summed E-state index contributed by atoms with van der Waals surface area (Å²) in [6, 6.07) is 14.1. The Morgan fingerprint density at radius 1 is 1.09 bits per heavy atom. The summed E-state index contributed by atoms with van der Waals surface area (Å²) in [5, 5.41) is 8.61. The quantitative estimate of drug-likeness (QED) is 0.798. The van der Waals surface area contributed by atoms with Crippen LogP contribution in [0.3, 0.4) is 0 Å². The van der Waals surface area contributed by atoms with Crippen LogP contribution in [0.15, 0.2) is 42.5 Å². The lowest BCUT2D eigenvalue weighted by Gasteiger charge is -2.15. The third-order valence-electron chi connectivity index (χ3n) is 3.06. The standard InChI is InChI=1S/C17H18NO4P/c1-13-9-14(2)11-17(10-13)22-23(19,20)21-16-7-3-5-15(12-16)6-4-8-18/h3,5,7,9-12H,4,6H2,1-2H3,(H,19,20). The average Bonchev–Trinajstić information content (AvgIpc) is 2.43. The Morgan fingerprint density at radius 2 is 1.74 bits per heavy atom. The fraction of sp³-hybridized carbons (Fsp3) is 0.235. The van der Waals surface area contributed by atoms with E-state index in [1.807, 2.05) is 26.0 Å². The van der Waals surface area contributed by atoms with Gasteiger partial charge in [-0.3, -0.25) is 4.89 Å². The molecule has 0 aromatic heterocycles.